The molecule has 1 aliphatic carbocycles. The molecule has 0 amide bonds. The van der Waals surface area contributed by atoms with Gasteiger partial charge in [-0.25, -0.2) is 4.72 Å². The Morgan fingerprint density at radius 3 is 2.18 bits per heavy atom. The number of halogens is 1. The molecule has 0 aromatic rings. The Morgan fingerprint density at radius 1 is 1.24 bits per heavy atom. The van der Waals surface area contributed by atoms with Gasteiger partial charge in [-0.15, -0.1) is 11.6 Å². The van der Waals surface area contributed by atoms with Crippen molar-refractivity contribution < 1.29 is 8.42 Å². The number of nitrogens with zero attached hydrogens (tertiary/aromatic N) is 1. The number of rotatable bonds is 7. The molecule has 1 fully saturated rings. The molecule has 0 aromatic heterocycles. The SMILES string of the molecule is CCN(CC)S(=O)(=O)NCC1(CCl)CCCC1. The summed E-state index contributed by atoms with van der Waals surface area (Å²) >= 11 is 5.99. The van der Waals surface area contributed by atoms with Crippen molar-refractivity contribution in [1.82, 2.24) is 9.03 Å². The highest BCUT2D eigenvalue weighted by Crippen LogP contribution is 2.38. The molecule has 1 saturated carbocycles. The van der Waals surface area contributed by atoms with Crippen LogP contribution in [-0.4, -0.2) is 38.2 Å². The van der Waals surface area contributed by atoms with Crippen LogP contribution in [-0.2, 0) is 10.2 Å². The predicted octanol–water partition coefficient (Wildman–Crippen LogP) is 1.96. The van der Waals surface area contributed by atoms with Crippen LogP contribution < -0.4 is 4.72 Å². The fourth-order valence-electron chi connectivity index (χ4n) is 2.38. The highest BCUT2D eigenvalue weighted by molar-refractivity contribution is 7.87. The van der Waals surface area contributed by atoms with Crippen LogP contribution in [0.1, 0.15) is 39.5 Å². The van der Waals surface area contributed by atoms with E-state index >= 15 is 0 Å². The van der Waals surface area contributed by atoms with Crippen LogP contribution in [0.2, 0.25) is 0 Å². The molecule has 6 heteroatoms. The van der Waals surface area contributed by atoms with Crippen molar-refractivity contribution in [1.29, 1.82) is 0 Å². The van der Waals surface area contributed by atoms with Crippen LogP contribution in [0.15, 0.2) is 0 Å². The lowest BCUT2D eigenvalue weighted by atomic mass is 9.89. The Morgan fingerprint density at radius 2 is 1.76 bits per heavy atom. The molecular formula is C11H23ClN2O2S. The Labute approximate surface area is 110 Å². The number of hydrogen-bond donors (Lipinski definition) is 1. The number of alkyl halides is 1. The second-order valence-electron chi connectivity index (χ2n) is 4.75. The maximum absolute atomic E-state index is 12.0. The molecule has 0 aromatic carbocycles. The van der Waals surface area contributed by atoms with Gasteiger partial charge >= 0.3 is 0 Å². The largest absolute Gasteiger partial charge is 0.279 e. The van der Waals surface area contributed by atoms with Gasteiger partial charge in [-0.2, -0.15) is 12.7 Å². The monoisotopic (exact) mass is 282 g/mol. The van der Waals surface area contributed by atoms with E-state index in [1.54, 1.807) is 0 Å². The highest BCUT2D eigenvalue weighted by atomic mass is 35.5. The molecule has 0 spiro atoms. The molecule has 0 heterocycles. The molecule has 17 heavy (non-hydrogen) atoms. The summed E-state index contributed by atoms with van der Waals surface area (Å²) < 4.78 is 28.1. The smallest absolute Gasteiger partial charge is 0.202 e. The van der Waals surface area contributed by atoms with Crippen molar-refractivity contribution in [3.8, 4) is 0 Å². The van der Waals surface area contributed by atoms with E-state index in [1.165, 1.54) is 4.31 Å². The van der Waals surface area contributed by atoms with Gasteiger partial charge in [0.25, 0.3) is 10.2 Å². The number of nitrogens with one attached hydrogen (secondary N) is 1. The lowest BCUT2D eigenvalue weighted by Crippen LogP contribution is -2.45. The van der Waals surface area contributed by atoms with E-state index in [1.807, 2.05) is 13.8 Å². The molecule has 0 saturated heterocycles. The average molecular weight is 283 g/mol. The summed E-state index contributed by atoms with van der Waals surface area (Å²) in [6.07, 6.45) is 4.36. The zero-order valence-corrected chi connectivity index (χ0v) is 12.3. The Bertz CT molecular complexity index is 322. The van der Waals surface area contributed by atoms with Crippen molar-refractivity contribution in [2.75, 3.05) is 25.5 Å². The summed E-state index contributed by atoms with van der Waals surface area (Å²) in [6, 6.07) is 0. The fraction of sp³-hybridized carbons (Fsp3) is 1.00. The van der Waals surface area contributed by atoms with E-state index in [4.69, 9.17) is 11.6 Å². The van der Waals surface area contributed by atoms with E-state index in [0.29, 0.717) is 25.5 Å². The molecule has 0 bridgehead atoms. The van der Waals surface area contributed by atoms with Gasteiger partial charge in [-0.3, -0.25) is 0 Å². The van der Waals surface area contributed by atoms with Crippen molar-refractivity contribution >= 4 is 21.8 Å². The van der Waals surface area contributed by atoms with Gasteiger partial charge in [-0.1, -0.05) is 26.7 Å². The van der Waals surface area contributed by atoms with Crippen LogP contribution >= 0.6 is 11.6 Å². The molecule has 0 aliphatic heterocycles. The summed E-state index contributed by atoms with van der Waals surface area (Å²) in [7, 11) is -3.33. The molecule has 0 atom stereocenters. The Balaban J connectivity index is 2.59. The van der Waals surface area contributed by atoms with Crippen molar-refractivity contribution in [3.63, 3.8) is 0 Å². The van der Waals surface area contributed by atoms with E-state index < -0.39 is 10.2 Å². The highest BCUT2D eigenvalue weighted by Gasteiger charge is 2.34. The molecule has 102 valence electrons. The van der Waals surface area contributed by atoms with Crippen LogP contribution in [0.3, 0.4) is 0 Å². The lowest BCUT2D eigenvalue weighted by molar-refractivity contribution is 0.334. The van der Waals surface area contributed by atoms with Crippen LogP contribution in [0, 0.1) is 5.41 Å². The molecule has 0 radical (unpaired) electrons. The Kier molecular flexibility index (Phi) is 5.70. The normalized spacial score (nSPS) is 20.0. The third-order valence-corrected chi connectivity index (χ3v) is 5.89. The molecule has 1 N–H and O–H groups in total. The Hall–Kier alpha value is 0.160. The molecule has 1 rings (SSSR count). The quantitative estimate of drug-likeness (QED) is 0.726. The standard InChI is InChI=1S/C11H23ClN2O2S/c1-3-14(4-2)17(15,16)13-10-11(9-12)7-5-6-8-11/h13H,3-10H2,1-2H3. The molecular weight excluding hydrogens is 260 g/mol. The molecule has 4 nitrogen and oxygen atoms in total. The first-order valence-corrected chi connectivity index (χ1v) is 8.28. The van der Waals surface area contributed by atoms with Crippen LogP contribution in [0.5, 0.6) is 0 Å². The molecule has 0 unspecified atom stereocenters. The second kappa shape index (κ2) is 6.36. The predicted molar refractivity (Wildman–Crippen MR) is 71.5 cm³/mol. The minimum atomic E-state index is -3.33. The first kappa shape index (κ1) is 15.2. The summed E-state index contributed by atoms with van der Waals surface area (Å²) in [4.78, 5) is 0. The number of hydrogen-bond acceptors (Lipinski definition) is 2. The van der Waals surface area contributed by atoms with Crippen LogP contribution in [0.25, 0.3) is 0 Å². The van der Waals surface area contributed by atoms with E-state index in [-0.39, 0.29) is 5.41 Å². The maximum atomic E-state index is 12.0. The lowest BCUT2D eigenvalue weighted by Gasteiger charge is -2.28. The first-order chi connectivity index (χ1) is 7.99. The summed E-state index contributed by atoms with van der Waals surface area (Å²) in [5.74, 6) is 0.535. The van der Waals surface area contributed by atoms with Crippen molar-refractivity contribution in [2.45, 2.75) is 39.5 Å². The van der Waals surface area contributed by atoms with Gasteiger partial charge in [0.05, 0.1) is 0 Å². The second-order valence-corrected chi connectivity index (χ2v) is 6.77. The van der Waals surface area contributed by atoms with Gasteiger partial charge in [0.1, 0.15) is 0 Å². The average Bonchev–Trinajstić information content (AvgIpc) is 2.77. The van der Waals surface area contributed by atoms with Gasteiger partial charge < -0.3 is 0 Å². The zero-order valence-electron chi connectivity index (χ0n) is 10.7. The zero-order chi connectivity index (χ0) is 12.9. The minimum absolute atomic E-state index is 0.0260. The van der Waals surface area contributed by atoms with Crippen LogP contribution in [0.4, 0.5) is 0 Å². The first-order valence-electron chi connectivity index (χ1n) is 6.30. The summed E-state index contributed by atoms with van der Waals surface area (Å²) in [5.41, 5.74) is -0.0260. The van der Waals surface area contributed by atoms with E-state index in [0.717, 1.165) is 25.7 Å². The third kappa shape index (κ3) is 3.81. The van der Waals surface area contributed by atoms with Gasteiger partial charge in [0.15, 0.2) is 0 Å². The topological polar surface area (TPSA) is 49.4 Å². The van der Waals surface area contributed by atoms with Gasteiger partial charge in [0.2, 0.25) is 0 Å². The fourth-order valence-corrected chi connectivity index (χ4v) is 4.09. The maximum Gasteiger partial charge on any atom is 0.279 e. The minimum Gasteiger partial charge on any atom is -0.202 e. The summed E-state index contributed by atoms with van der Waals surface area (Å²) in [6.45, 7) is 5.15. The van der Waals surface area contributed by atoms with E-state index in [9.17, 15) is 8.42 Å². The van der Waals surface area contributed by atoms with Crippen molar-refractivity contribution in [3.05, 3.63) is 0 Å². The van der Waals surface area contributed by atoms with Gasteiger partial charge in [-0.05, 0) is 18.3 Å². The third-order valence-electron chi connectivity index (χ3n) is 3.62. The molecule has 1 aliphatic rings. The van der Waals surface area contributed by atoms with E-state index in [2.05, 4.69) is 4.72 Å². The van der Waals surface area contributed by atoms with Gasteiger partial charge in [0, 0.05) is 25.5 Å². The van der Waals surface area contributed by atoms with Crippen molar-refractivity contribution in [2.24, 2.45) is 5.41 Å². The summed E-state index contributed by atoms with van der Waals surface area (Å²) in [5, 5.41) is 0.